The van der Waals surface area contributed by atoms with Gasteiger partial charge in [-0.2, -0.15) is 0 Å². The van der Waals surface area contributed by atoms with Gasteiger partial charge in [-0.15, -0.1) is 0 Å². The molecule has 2 N–H and O–H groups in total. The van der Waals surface area contributed by atoms with E-state index in [-0.39, 0.29) is 5.92 Å². The van der Waals surface area contributed by atoms with Crippen molar-refractivity contribution in [3.05, 3.63) is 0 Å². The second-order valence-electron chi connectivity index (χ2n) is 9.13. The molecule has 0 spiro atoms. The average molecular weight is 392 g/mol. The minimum absolute atomic E-state index is 0.280. The summed E-state index contributed by atoms with van der Waals surface area (Å²) in [6.45, 7) is 8.69. The lowest BCUT2D eigenvalue weighted by Crippen LogP contribution is -2.46. The number of aliphatic imine (C=N–C) groups is 1. The van der Waals surface area contributed by atoms with Gasteiger partial charge in [0.2, 0.25) is 5.91 Å². The maximum atomic E-state index is 12.7. The Bertz CT molecular complexity index is 509. The molecule has 28 heavy (non-hydrogen) atoms. The van der Waals surface area contributed by atoms with Crippen molar-refractivity contribution < 1.29 is 4.79 Å². The molecule has 6 nitrogen and oxygen atoms in total. The van der Waals surface area contributed by atoms with E-state index in [0.29, 0.717) is 11.9 Å². The van der Waals surface area contributed by atoms with Crippen molar-refractivity contribution in [3.63, 3.8) is 0 Å². The summed E-state index contributed by atoms with van der Waals surface area (Å²) in [5, 5.41) is 6.99. The molecule has 1 saturated carbocycles. The van der Waals surface area contributed by atoms with Crippen molar-refractivity contribution in [1.82, 2.24) is 20.4 Å². The predicted molar refractivity (Wildman–Crippen MR) is 116 cm³/mol. The lowest BCUT2D eigenvalue weighted by Gasteiger charge is -2.30. The number of piperidine rings is 1. The smallest absolute Gasteiger partial charge is 0.225 e. The minimum Gasteiger partial charge on any atom is -0.356 e. The summed E-state index contributed by atoms with van der Waals surface area (Å²) >= 11 is 0. The second-order valence-corrected chi connectivity index (χ2v) is 9.13. The van der Waals surface area contributed by atoms with Crippen molar-refractivity contribution in [2.24, 2.45) is 16.8 Å². The zero-order valence-corrected chi connectivity index (χ0v) is 18.1. The number of guanidine groups is 1. The van der Waals surface area contributed by atoms with Crippen LogP contribution in [0.25, 0.3) is 0 Å². The van der Waals surface area contributed by atoms with Crippen LogP contribution in [0, 0.1) is 11.8 Å². The molecule has 3 fully saturated rings. The number of nitrogens with one attached hydrogen (secondary N) is 2. The summed E-state index contributed by atoms with van der Waals surface area (Å²) in [6, 6.07) is 0.322. The first-order chi connectivity index (χ1) is 13.7. The van der Waals surface area contributed by atoms with Crippen molar-refractivity contribution in [1.29, 1.82) is 0 Å². The molecule has 2 heterocycles. The molecule has 6 heteroatoms. The first-order valence-corrected chi connectivity index (χ1v) is 11.6. The normalized spacial score (nSPS) is 25.9. The Balaban J connectivity index is 1.32. The van der Waals surface area contributed by atoms with E-state index in [0.717, 1.165) is 57.2 Å². The van der Waals surface area contributed by atoms with E-state index in [9.17, 15) is 4.79 Å². The summed E-state index contributed by atoms with van der Waals surface area (Å²) in [7, 11) is 1.83. The first kappa shape index (κ1) is 21.4. The SMILES string of the molecule is CN=C(NCCCN1CCC(C)CC1)NC1CCN(C(=O)C2CCCCC2)C1. The zero-order chi connectivity index (χ0) is 19.8. The molecule has 1 aliphatic carbocycles. The molecule has 3 aliphatic rings. The fraction of sp³-hybridized carbons (Fsp3) is 0.909. The highest BCUT2D eigenvalue weighted by atomic mass is 16.2. The maximum absolute atomic E-state index is 12.7. The molecule has 3 rings (SSSR count). The zero-order valence-electron chi connectivity index (χ0n) is 18.1. The number of rotatable bonds is 6. The van der Waals surface area contributed by atoms with Gasteiger partial charge in [-0.1, -0.05) is 26.2 Å². The van der Waals surface area contributed by atoms with Gasteiger partial charge in [0.05, 0.1) is 0 Å². The maximum Gasteiger partial charge on any atom is 0.225 e. The number of carbonyl (C=O) groups excluding carboxylic acids is 1. The Kier molecular flexibility index (Phi) is 8.44. The molecular formula is C22H41N5O. The Morgan fingerprint density at radius 3 is 2.50 bits per heavy atom. The van der Waals surface area contributed by atoms with Crippen LogP contribution in [-0.2, 0) is 4.79 Å². The third-order valence-corrected chi connectivity index (χ3v) is 6.84. The molecule has 2 saturated heterocycles. The summed E-state index contributed by atoms with van der Waals surface area (Å²) in [4.78, 5) is 21.8. The van der Waals surface area contributed by atoms with Crippen LogP contribution in [0.15, 0.2) is 4.99 Å². The Hall–Kier alpha value is -1.30. The fourth-order valence-electron chi connectivity index (χ4n) is 4.87. The van der Waals surface area contributed by atoms with E-state index >= 15 is 0 Å². The number of amides is 1. The van der Waals surface area contributed by atoms with Crippen LogP contribution in [0.3, 0.4) is 0 Å². The van der Waals surface area contributed by atoms with E-state index in [1.807, 2.05) is 7.05 Å². The van der Waals surface area contributed by atoms with Gasteiger partial charge in [-0.05, 0) is 64.1 Å². The average Bonchev–Trinajstić information content (AvgIpc) is 3.20. The largest absolute Gasteiger partial charge is 0.356 e. The molecule has 1 atom stereocenters. The summed E-state index contributed by atoms with van der Waals surface area (Å²) < 4.78 is 0. The van der Waals surface area contributed by atoms with Crippen LogP contribution in [0.2, 0.25) is 0 Å². The highest BCUT2D eigenvalue weighted by molar-refractivity contribution is 5.81. The van der Waals surface area contributed by atoms with Gasteiger partial charge in [0.1, 0.15) is 0 Å². The van der Waals surface area contributed by atoms with Crippen LogP contribution in [0.5, 0.6) is 0 Å². The van der Waals surface area contributed by atoms with Crippen molar-refractivity contribution >= 4 is 11.9 Å². The molecule has 0 aromatic heterocycles. The van der Waals surface area contributed by atoms with E-state index in [4.69, 9.17) is 0 Å². The van der Waals surface area contributed by atoms with E-state index in [2.05, 4.69) is 32.3 Å². The quantitative estimate of drug-likeness (QED) is 0.415. The highest BCUT2D eigenvalue weighted by Gasteiger charge is 2.31. The van der Waals surface area contributed by atoms with Crippen LogP contribution in [0.1, 0.15) is 64.7 Å². The third kappa shape index (κ3) is 6.36. The number of likely N-dealkylation sites (tertiary alicyclic amines) is 2. The number of hydrogen-bond donors (Lipinski definition) is 2. The molecule has 0 aromatic rings. The second kappa shape index (κ2) is 11.0. The summed E-state index contributed by atoms with van der Waals surface area (Å²) in [5.41, 5.74) is 0. The number of nitrogens with zero attached hydrogens (tertiary/aromatic N) is 3. The lowest BCUT2D eigenvalue weighted by atomic mass is 9.88. The fourth-order valence-corrected chi connectivity index (χ4v) is 4.87. The van der Waals surface area contributed by atoms with Crippen molar-refractivity contribution in [2.45, 2.75) is 70.8 Å². The molecule has 0 aromatic carbocycles. The Labute approximate surface area is 171 Å². The van der Waals surface area contributed by atoms with Crippen LogP contribution in [0.4, 0.5) is 0 Å². The molecule has 0 bridgehead atoms. The topological polar surface area (TPSA) is 60.0 Å². The Morgan fingerprint density at radius 2 is 1.79 bits per heavy atom. The first-order valence-electron chi connectivity index (χ1n) is 11.6. The van der Waals surface area contributed by atoms with Crippen molar-refractivity contribution in [3.8, 4) is 0 Å². The number of carbonyl (C=O) groups is 1. The van der Waals surface area contributed by atoms with Crippen molar-refractivity contribution in [2.75, 3.05) is 46.3 Å². The molecule has 1 unspecified atom stereocenters. The van der Waals surface area contributed by atoms with Crippen LogP contribution >= 0.6 is 0 Å². The standard InChI is InChI=1S/C22H41N5O/c1-18-9-14-26(15-10-18)13-6-12-24-22(23-2)25-20-11-16-27(17-20)21(28)19-7-4-3-5-8-19/h18-20H,3-17H2,1-2H3,(H2,23,24,25). The van der Waals surface area contributed by atoms with E-state index < -0.39 is 0 Å². The van der Waals surface area contributed by atoms with Gasteiger partial charge in [-0.25, -0.2) is 0 Å². The molecule has 0 radical (unpaired) electrons. The van der Waals surface area contributed by atoms with Gasteiger partial charge < -0.3 is 20.4 Å². The predicted octanol–water partition coefficient (Wildman–Crippen LogP) is 2.45. The van der Waals surface area contributed by atoms with Crippen LogP contribution < -0.4 is 10.6 Å². The third-order valence-electron chi connectivity index (χ3n) is 6.84. The van der Waals surface area contributed by atoms with Gasteiger partial charge in [0, 0.05) is 38.6 Å². The van der Waals surface area contributed by atoms with Gasteiger partial charge in [-0.3, -0.25) is 9.79 Å². The monoisotopic (exact) mass is 391 g/mol. The van der Waals surface area contributed by atoms with E-state index in [1.165, 1.54) is 51.7 Å². The Morgan fingerprint density at radius 1 is 1.04 bits per heavy atom. The van der Waals surface area contributed by atoms with Gasteiger partial charge in [0.25, 0.3) is 0 Å². The van der Waals surface area contributed by atoms with Gasteiger partial charge in [0.15, 0.2) is 5.96 Å². The minimum atomic E-state index is 0.280. The summed E-state index contributed by atoms with van der Waals surface area (Å²) in [5.74, 6) is 2.45. The van der Waals surface area contributed by atoms with Crippen LogP contribution in [-0.4, -0.2) is 74.0 Å². The van der Waals surface area contributed by atoms with Gasteiger partial charge >= 0.3 is 0 Å². The van der Waals surface area contributed by atoms with E-state index in [1.54, 1.807) is 0 Å². The lowest BCUT2D eigenvalue weighted by molar-refractivity contribution is -0.135. The molecule has 1 amide bonds. The summed E-state index contributed by atoms with van der Waals surface area (Å²) in [6.07, 6.45) is 10.8. The number of hydrogen-bond acceptors (Lipinski definition) is 3. The molecular weight excluding hydrogens is 350 g/mol. The highest BCUT2D eigenvalue weighted by Crippen LogP contribution is 2.26. The molecule has 2 aliphatic heterocycles. The molecule has 160 valence electrons.